The Hall–Kier alpha value is -1.47. The first-order chi connectivity index (χ1) is 9.57. The third kappa shape index (κ3) is 1.92. The van der Waals surface area contributed by atoms with Gasteiger partial charge in [0.1, 0.15) is 23.0 Å². The Balaban J connectivity index is 1.81. The van der Waals surface area contributed by atoms with Gasteiger partial charge in [-0.05, 0) is 0 Å². The topological polar surface area (TPSA) is 67.6 Å². The lowest BCUT2D eigenvalue weighted by Crippen LogP contribution is -2.59. The Morgan fingerprint density at radius 2 is 2.45 bits per heavy atom. The molecule has 1 N–H and O–H groups in total. The molecule has 6 nitrogen and oxygen atoms in total. The quantitative estimate of drug-likeness (QED) is 0.867. The fourth-order valence-corrected chi connectivity index (χ4v) is 3.12. The van der Waals surface area contributed by atoms with Gasteiger partial charge in [-0.3, -0.25) is 4.79 Å². The van der Waals surface area contributed by atoms with Crippen LogP contribution in [0.1, 0.15) is 12.1 Å². The molecule has 3 heterocycles. The first-order valence-corrected chi connectivity index (χ1v) is 6.70. The zero-order chi connectivity index (χ0) is 14.2. The molecule has 0 radical (unpaired) electrons. The number of hydrogen-bond acceptors (Lipinski definition) is 5. The van der Waals surface area contributed by atoms with Crippen LogP contribution in [0.15, 0.2) is 16.9 Å². The van der Waals surface area contributed by atoms with Crippen molar-refractivity contribution in [2.24, 2.45) is 5.41 Å². The van der Waals surface area contributed by atoms with Crippen LogP contribution in [0.2, 0.25) is 0 Å². The number of halogens is 1. The SMILES string of the molecule is CN(Cc1ccon1)C(=O)[C@]12CNC[C@@]1(F)CCOC2. The van der Waals surface area contributed by atoms with Gasteiger partial charge in [0.05, 0.1) is 13.2 Å². The molecule has 0 bridgehead atoms. The molecule has 0 spiro atoms. The molecule has 110 valence electrons. The third-order valence-electron chi connectivity index (χ3n) is 4.33. The van der Waals surface area contributed by atoms with E-state index in [4.69, 9.17) is 9.26 Å². The predicted octanol–water partition coefficient (Wildman–Crippen LogP) is 0.351. The van der Waals surface area contributed by atoms with Crippen LogP contribution in [-0.2, 0) is 16.1 Å². The van der Waals surface area contributed by atoms with Gasteiger partial charge in [0.25, 0.3) is 0 Å². The van der Waals surface area contributed by atoms with Gasteiger partial charge in [0.15, 0.2) is 0 Å². The number of carbonyl (C=O) groups is 1. The van der Waals surface area contributed by atoms with E-state index in [1.54, 1.807) is 13.1 Å². The number of ether oxygens (including phenoxy) is 1. The average Bonchev–Trinajstić information content (AvgIpc) is 3.04. The van der Waals surface area contributed by atoms with Crippen molar-refractivity contribution in [2.75, 3.05) is 33.4 Å². The number of aromatic nitrogens is 1. The van der Waals surface area contributed by atoms with Crippen LogP contribution in [0.3, 0.4) is 0 Å². The van der Waals surface area contributed by atoms with Crippen LogP contribution in [0.5, 0.6) is 0 Å². The molecule has 2 aliphatic heterocycles. The summed E-state index contributed by atoms with van der Waals surface area (Å²) in [4.78, 5) is 14.2. The Kier molecular flexibility index (Phi) is 3.25. The fourth-order valence-electron chi connectivity index (χ4n) is 3.12. The van der Waals surface area contributed by atoms with Gasteiger partial charge < -0.3 is 19.5 Å². The summed E-state index contributed by atoms with van der Waals surface area (Å²) in [5, 5.41) is 6.78. The molecule has 2 saturated heterocycles. The lowest BCUT2D eigenvalue weighted by atomic mass is 9.72. The minimum Gasteiger partial charge on any atom is -0.380 e. The van der Waals surface area contributed by atoms with E-state index in [-0.39, 0.29) is 25.5 Å². The van der Waals surface area contributed by atoms with Crippen LogP contribution in [0, 0.1) is 5.41 Å². The van der Waals surface area contributed by atoms with E-state index in [0.29, 0.717) is 25.4 Å². The number of nitrogens with one attached hydrogen (secondary N) is 1. The van der Waals surface area contributed by atoms with Crippen LogP contribution >= 0.6 is 0 Å². The molecule has 2 fully saturated rings. The minimum absolute atomic E-state index is 0.124. The van der Waals surface area contributed by atoms with Gasteiger partial charge in [0.2, 0.25) is 5.91 Å². The summed E-state index contributed by atoms with van der Waals surface area (Å²) < 4.78 is 25.2. The molecule has 7 heteroatoms. The largest absolute Gasteiger partial charge is 0.380 e. The van der Waals surface area contributed by atoms with Gasteiger partial charge in [-0.2, -0.15) is 0 Å². The average molecular weight is 283 g/mol. The van der Waals surface area contributed by atoms with Crippen LogP contribution < -0.4 is 5.32 Å². The monoisotopic (exact) mass is 283 g/mol. The number of hydrogen-bond donors (Lipinski definition) is 1. The van der Waals surface area contributed by atoms with E-state index >= 15 is 4.39 Å². The second-order valence-corrected chi connectivity index (χ2v) is 5.61. The molecule has 3 rings (SSSR count). The molecule has 2 aliphatic rings. The number of rotatable bonds is 3. The van der Waals surface area contributed by atoms with Gasteiger partial charge >= 0.3 is 0 Å². The molecule has 2 atom stereocenters. The first-order valence-electron chi connectivity index (χ1n) is 6.70. The van der Waals surface area contributed by atoms with Gasteiger partial charge in [-0.1, -0.05) is 5.16 Å². The number of alkyl halides is 1. The first kappa shape index (κ1) is 13.5. The van der Waals surface area contributed by atoms with Crippen molar-refractivity contribution in [3.63, 3.8) is 0 Å². The summed E-state index contributed by atoms with van der Waals surface area (Å²) in [6, 6.07) is 1.69. The zero-order valence-corrected chi connectivity index (χ0v) is 11.4. The maximum Gasteiger partial charge on any atom is 0.235 e. The molecular weight excluding hydrogens is 265 g/mol. The van der Waals surface area contributed by atoms with Crippen molar-refractivity contribution >= 4 is 5.91 Å². The second-order valence-electron chi connectivity index (χ2n) is 5.61. The Morgan fingerprint density at radius 1 is 1.60 bits per heavy atom. The molecule has 0 saturated carbocycles. The Bertz CT molecular complexity index is 495. The van der Waals surface area contributed by atoms with Crippen LogP contribution in [0.4, 0.5) is 4.39 Å². The molecule has 1 aromatic heterocycles. The van der Waals surface area contributed by atoms with E-state index in [1.165, 1.54) is 11.2 Å². The third-order valence-corrected chi connectivity index (χ3v) is 4.33. The highest BCUT2D eigenvalue weighted by Crippen LogP contribution is 2.45. The minimum atomic E-state index is -1.53. The number of carbonyl (C=O) groups excluding carboxylic acids is 1. The van der Waals surface area contributed by atoms with E-state index in [0.717, 1.165) is 0 Å². The summed E-state index contributed by atoms with van der Waals surface area (Å²) in [5.41, 5.74) is -2.01. The van der Waals surface area contributed by atoms with Crippen molar-refractivity contribution in [2.45, 2.75) is 18.6 Å². The molecule has 0 aliphatic carbocycles. The summed E-state index contributed by atoms with van der Waals surface area (Å²) in [5.74, 6) is -0.243. The summed E-state index contributed by atoms with van der Waals surface area (Å²) in [6.45, 7) is 1.30. The number of nitrogens with zero attached hydrogens (tertiary/aromatic N) is 2. The lowest BCUT2D eigenvalue weighted by Gasteiger charge is -2.43. The van der Waals surface area contributed by atoms with E-state index in [2.05, 4.69) is 10.5 Å². The summed E-state index contributed by atoms with van der Waals surface area (Å²) in [6.07, 6.45) is 1.70. The van der Waals surface area contributed by atoms with E-state index in [1.807, 2.05) is 0 Å². The highest BCUT2D eigenvalue weighted by Gasteiger charge is 2.63. The molecule has 0 aromatic carbocycles. The molecule has 20 heavy (non-hydrogen) atoms. The fraction of sp³-hybridized carbons (Fsp3) is 0.692. The highest BCUT2D eigenvalue weighted by molar-refractivity contribution is 5.85. The summed E-state index contributed by atoms with van der Waals surface area (Å²) >= 11 is 0. The van der Waals surface area contributed by atoms with Gasteiger partial charge in [-0.15, -0.1) is 0 Å². The van der Waals surface area contributed by atoms with E-state index in [9.17, 15) is 4.79 Å². The van der Waals surface area contributed by atoms with Crippen molar-refractivity contribution in [3.8, 4) is 0 Å². The Morgan fingerprint density at radius 3 is 3.20 bits per heavy atom. The van der Waals surface area contributed by atoms with Gasteiger partial charge in [0, 0.05) is 39.2 Å². The smallest absolute Gasteiger partial charge is 0.235 e. The van der Waals surface area contributed by atoms with Crippen molar-refractivity contribution in [1.29, 1.82) is 0 Å². The second kappa shape index (κ2) is 4.82. The maximum absolute atomic E-state index is 15.1. The Labute approximate surface area is 116 Å². The predicted molar refractivity (Wildman–Crippen MR) is 67.6 cm³/mol. The molecule has 1 amide bonds. The highest BCUT2D eigenvalue weighted by atomic mass is 19.1. The summed E-state index contributed by atoms with van der Waals surface area (Å²) in [7, 11) is 1.65. The molecule has 1 aromatic rings. The number of fused-ring (bicyclic) bond motifs is 1. The van der Waals surface area contributed by atoms with Gasteiger partial charge in [-0.25, -0.2) is 4.39 Å². The van der Waals surface area contributed by atoms with E-state index < -0.39 is 11.1 Å². The standard InChI is InChI=1S/C13H18FN3O3/c1-17(6-10-2-4-20-16-10)11(18)12-7-15-8-13(12,14)3-5-19-9-12/h2,4,15H,3,5-9H2,1H3/t12-,13+/m1/s1. The lowest BCUT2D eigenvalue weighted by molar-refractivity contribution is -0.164. The maximum atomic E-state index is 15.1. The zero-order valence-electron chi connectivity index (χ0n) is 11.4. The van der Waals surface area contributed by atoms with Crippen molar-refractivity contribution in [1.82, 2.24) is 15.4 Å². The van der Waals surface area contributed by atoms with Crippen LogP contribution in [0.25, 0.3) is 0 Å². The molecule has 0 unspecified atom stereocenters. The normalized spacial score (nSPS) is 32.9. The van der Waals surface area contributed by atoms with Crippen molar-refractivity contribution < 1.29 is 18.4 Å². The number of amides is 1. The molecular formula is C13H18FN3O3. The van der Waals surface area contributed by atoms with Crippen LogP contribution in [-0.4, -0.2) is 55.0 Å². The van der Waals surface area contributed by atoms with Crippen molar-refractivity contribution in [3.05, 3.63) is 18.0 Å².